The molecule has 0 radical (unpaired) electrons. The number of benzene rings is 2. The maximum absolute atomic E-state index is 14.0. The molecule has 1 aliphatic rings. The van der Waals surface area contributed by atoms with Gasteiger partial charge in [-0.3, -0.25) is 14.5 Å². The number of phenolic OH excluding ortho intramolecular Hbond substituents is 1. The molecule has 1 atom stereocenters. The van der Waals surface area contributed by atoms with Gasteiger partial charge in [-0.25, -0.2) is 0 Å². The standard InChI is InChI=1S/C25H25Cl2N3O4S/c1-2-34-19-10-6-5-9-18(19)30(25(33)21-20(26)23(27)35-29-21)22(15-11-13-17(31)14-12-15)24(32)28-16-7-3-4-8-16/h5-6,9-14,16,22,31H,2-4,7-8H2,1H3,(H,28,32). The van der Waals surface area contributed by atoms with Crippen molar-refractivity contribution in [1.29, 1.82) is 0 Å². The van der Waals surface area contributed by atoms with Gasteiger partial charge in [0, 0.05) is 6.04 Å². The fourth-order valence-electron chi connectivity index (χ4n) is 4.23. The Bertz CT molecular complexity index is 1200. The molecule has 35 heavy (non-hydrogen) atoms. The number of aromatic nitrogens is 1. The predicted molar refractivity (Wildman–Crippen MR) is 138 cm³/mol. The molecule has 2 amide bonds. The first-order chi connectivity index (χ1) is 16.9. The number of rotatable bonds is 8. The lowest BCUT2D eigenvalue weighted by Gasteiger charge is -2.33. The number of hydrogen-bond acceptors (Lipinski definition) is 6. The van der Waals surface area contributed by atoms with Gasteiger partial charge < -0.3 is 15.2 Å². The van der Waals surface area contributed by atoms with E-state index in [9.17, 15) is 14.7 Å². The normalized spacial score (nSPS) is 14.5. The number of carbonyl (C=O) groups excluding carboxylic acids is 2. The SMILES string of the molecule is CCOc1ccccc1N(C(=O)c1nsc(Cl)c1Cl)C(C(=O)NC1CCCC1)c1ccc(O)cc1. The van der Waals surface area contributed by atoms with Crippen LogP contribution in [0.1, 0.15) is 54.7 Å². The molecule has 7 nitrogen and oxygen atoms in total. The lowest BCUT2D eigenvalue weighted by molar-refractivity contribution is -0.123. The van der Waals surface area contributed by atoms with Crippen LogP contribution in [-0.2, 0) is 4.79 Å². The molecule has 1 unspecified atom stereocenters. The van der Waals surface area contributed by atoms with Crippen LogP contribution in [0.2, 0.25) is 9.36 Å². The topological polar surface area (TPSA) is 91.8 Å². The van der Waals surface area contributed by atoms with Crippen LogP contribution in [0.25, 0.3) is 0 Å². The van der Waals surface area contributed by atoms with Crippen molar-refractivity contribution < 1.29 is 19.4 Å². The van der Waals surface area contributed by atoms with Gasteiger partial charge in [0.1, 0.15) is 26.9 Å². The van der Waals surface area contributed by atoms with Crippen LogP contribution in [0.5, 0.6) is 11.5 Å². The Labute approximate surface area is 217 Å². The van der Waals surface area contributed by atoms with Gasteiger partial charge in [0.25, 0.3) is 5.91 Å². The largest absolute Gasteiger partial charge is 0.508 e. The first kappa shape index (κ1) is 25.3. The lowest BCUT2D eigenvalue weighted by atomic mass is 10.0. The zero-order chi connectivity index (χ0) is 24.9. The highest BCUT2D eigenvalue weighted by Crippen LogP contribution is 2.39. The maximum atomic E-state index is 14.0. The molecule has 184 valence electrons. The number of phenols is 1. The molecule has 3 aromatic rings. The molecular formula is C25H25Cl2N3O4S. The second-order valence-electron chi connectivity index (χ2n) is 8.18. The van der Waals surface area contributed by atoms with E-state index in [4.69, 9.17) is 27.9 Å². The molecule has 1 heterocycles. The van der Waals surface area contributed by atoms with Gasteiger partial charge in [-0.1, -0.05) is 60.3 Å². The van der Waals surface area contributed by atoms with Crippen LogP contribution >= 0.6 is 34.7 Å². The Hall–Kier alpha value is -2.81. The summed E-state index contributed by atoms with van der Waals surface area (Å²) in [5.41, 5.74) is 0.847. The Kier molecular flexibility index (Phi) is 8.15. The number of nitrogens with one attached hydrogen (secondary N) is 1. The van der Waals surface area contributed by atoms with Crippen LogP contribution in [-0.4, -0.2) is 33.9 Å². The number of carbonyl (C=O) groups is 2. The van der Waals surface area contributed by atoms with Crippen molar-refractivity contribution in [3.8, 4) is 11.5 Å². The minimum Gasteiger partial charge on any atom is -0.508 e. The van der Waals surface area contributed by atoms with Crippen molar-refractivity contribution in [1.82, 2.24) is 9.69 Å². The van der Waals surface area contributed by atoms with E-state index in [0.717, 1.165) is 37.2 Å². The highest BCUT2D eigenvalue weighted by atomic mass is 35.5. The number of anilines is 1. The van der Waals surface area contributed by atoms with E-state index >= 15 is 0 Å². The van der Waals surface area contributed by atoms with Gasteiger partial charge in [0.2, 0.25) is 5.91 Å². The molecule has 1 aliphatic carbocycles. The summed E-state index contributed by atoms with van der Waals surface area (Å²) < 4.78 is 10.2. The zero-order valence-electron chi connectivity index (χ0n) is 19.0. The summed E-state index contributed by atoms with van der Waals surface area (Å²) in [5.74, 6) is -0.464. The molecule has 1 fully saturated rings. The second kappa shape index (κ2) is 11.3. The molecule has 1 aromatic heterocycles. The molecule has 10 heteroatoms. The molecule has 0 saturated heterocycles. The van der Waals surface area contributed by atoms with E-state index in [1.165, 1.54) is 17.0 Å². The highest BCUT2D eigenvalue weighted by molar-refractivity contribution is 7.11. The van der Waals surface area contributed by atoms with Gasteiger partial charge in [-0.2, -0.15) is 4.37 Å². The van der Waals surface area contributed by atoms with E-state index in [2.05, 4.69) is 9.69 Å². The molecule has 4 rings (SSSR count). The third-order valence-electron chi connectivity index (χ3n) is 5.86. The fourth-order valence-corrected chi connectivity index (χ4v) is 5.22. The average Bonchev–Trinajstić information content (AvgIpc) is 3.48. The molecule has 1 saturated carbocycles. The smallest absolute Gasteiger partial charge is 0.280 e. The Morgan fingerprint density at radius 3 is 2.49 bits per heavy atom. The fraction of sp³-hybridized carbons (Fsp3) is 0.320. The van der Waals surface area contributed by atoms with E-state index in [0.29, 0.717) is 23.6 Å². The molecule has 0 bridgehead atoms. The predicted octanol–water partition coefficient (Wildman–Crippen LogP) is 6.00. The van der Waals surface area contributed by atoms with E-state index in [-0.39, 0.29) is 32.8 Å². The third-order valence-corrected chi connectivity index (χ3v) is 7.47. The molecule has 2 N–H and O–H groups in total. The van der Waals surface area contributed by atoms with Crippen LogP contribution in [0, 0.1) is 0 Å². The highest BCUT2D eigenvalue weighted by Gasteiger charge is 2.38. The Morgan fingerprint density at radius 2 is 1.86 bits per heavy atom. The summed E-state index contributed by atoms with van der Waals surface area (Å²) >= 11 is 13.3. The number of aromatic hydroxyl groups is 1. The van der Waals surface area contributed by atoms with Crippen molar-refractivity contribution >= 4 is 52.2 Å². The number of ether oxygens (including phenoxy) is 1. The molecule has 0 spiro atoms. The van der Waals surface area contributed by atoms with E-state index in [1.54, 1.807) is 36.4 Å². The summed E-state index contributed by atoms with van der Waals surface area (Å²) in [7, 11) is 0. The number of nitrogens with zero attached hydrogens (tertiary/aromatic N) is 2. The number of amides is 2. The van der Waals surface area contributed by atoms with Crippen LogP contribution in [0.15, 0.2) is 48.5 Å². The van der Waals surface area contributed by atoms with Crippen LogP contribution in [0.3, 0.4) is 0 Å². The monoisotopic (exact) mass is 533 g/mol. The van der Waals surface area contributed by atoms with Crippen molar-refractivity contribution in [2.24, 2.45) is 0 Å². The average molecular weight is 534 g/mol. The first-order valence-electron chi connectivity index (χ1n) is 11.4. The van der Waals surface area contributed by atoms with Crippen molar-refractivity contribution in [3.05, 3.63) is 69.1 Å². The number of halogens is 2. The number of hydrogen-bond donors (Lipinski definition) is 2. The third kappa shape index (κ3) is 5.55. The van der Waals surface area contributed by atoms with Crippen LogP contribution < -0.4 is 15.0 Å². The quantitative estimate of drug-likeness (QED) is 0.370. The summed E-state index contributed by atoms with van der Waals surface area (Å²) in [5, 5.41) is 13.0. The van der Waals surface area contributed by atoms with Crippen molar-refractivity contribution in [2.45, 2.75) is 44.7 Å². The van der Waals surface area contributed by atoms with Gasteiger partial charge in [0.15, 0.2) is 5.69 Å². The first-order valence-corrected chi connectivity index (χ1v) is 12.9. The Morgan fingerprint density at radius 1 is 1.17 bits per heavy atom. The molecule has 0 aliphatic heterocycles. The summed E-state index contributed by atoms with van der Waals surface area (Å²) in [6.07, 6.45) is 3.84. The summed E-state index contributed by atoms with van der Waals surface area (Å²) in [4.78, 5) is 29.2. The van der Waals surface area contributed by atoms with Gasteiger partial charge >= 0.3 is 0 Å². The summed E-state index contributed by atoms with van der Waals surface area (Å²) in [6, 6.07) is 12.1. The van der Waals surface area contributed by atoms with E-state index < -0.39 is 11.9 Å². The lowest BCUT2D eigenvalue weighted by Crippen LogP contribution is -2.46. The van der Waals surface area contributed by atoms with Crippen LogP contribution in [0.4, 0.5) is 5.69 Å². The van der Waals surface area contributed by atoms with Crippen molar-refractivity contribution in [2.75, 3.05) is 11.5 Å². The molecular weight excluding hydrogens is 509 g/mol. The Balaban J connectivity index is 1.88. The minimum atomic E-state index is -1.08. The second-order valence-corrected chi connectivity index (χ2v) is 9.93. The maximum Gasteiger partial charge on any atom is 0.280 e. The zero-order valence-corrected chi connectivity index (χ0v) is 21.4. The minimum absolute atomic E-state index is 0.0264. The van der Waals surface area contributed by atoms with Gasteiger partial charge in [-0.15, -0.1) is 0 Å². The summed E-state index contributed by atoms with van der Waals surface area (Å²) in [6.45, 7) is 2.20. The van der Waals surface area contributed by atoms with Crippen molar-refractivity contribution in [3.63, 3.8) is 0 Å². The number of para-hydroxylation sites is 2. The molecule has 2 aromatic carbocycles. The van der Waals surface area contributed by atoms with Gasteiger partial charge in [-0.05, 0) is 61.1 Å². The van der Waals surface area contributed by atoms with Gasteiger partial charge in [0.05, 0.1) is 12.3 Å². The van der Waals surface area contributed by atoms with E-state index in [1.807, 2.05) is 6.92 Å².